The first kappa shape index (κ1) is 25.1. The molecule has 0 bridgehead atoms. The number of fused-ring (bicyclic) bond motifs is 4. The second-order valence-electron chi connectivity index (χ2n) is 15.7. The van der Waals surface area contributed by atoms with Crippen molar-refractivity contribution in [2.45, 2.75) is 136 Å². The lowest BCUT2D eigenvalue weighted by atomic mass is 9.41. The van der Waals surface area contributed by atoms with Gasteiger partial charge in [0.15, 0.2) is 0 Å². The molecule has 6 rings (SSSR count). The molecule has 6 fully saturated rings. The zero-order valence-corrected chi connectivity index (χ0v) is 23.1. The van der Waals surface area contributed by atoms with Gasteiger partial charge in [-0.05, 0) is 111 Å². The zero-order valence-electron chi connectivity index (χ0n) is 23.1. The van der Waals surface area contributed by atoms with Crippen molar-refractivity contribution in [3.8, 4) is 0 Å². The Labute approximate surface area is 212 Å². The number of hydrogen-bond acceptors (Lipinski definition) is 5. The first-order valence-corrected chi connectivity index (χ1v) is 14.5. The van der Waals surface area contributed by atoms with Gasteiger partial charge in [0.2, 0.25) is 0 Å². The second kappa shape index (κ2) is 7.05. The van der Waals surface area contributed by atoms with Crippen molar-refractivity contribution < 1.29 is 25.2 Å². The Kier molecular flexibility index (Phi) is 5.06. The van der Waals surface area contributed by atoms with Gasteiger partial charge in [-0.2, -0.15) is 0 Å². The highest BCUT2D eigenvalue weighted by atomic mass is 16.5. The summed E-state index contributed by atoms with van der Waals surface area (Å²) in [5, 5.41) is 44.4. The minimum atomic E-state index is -1.23. The van der Waals surface area contributed by atoms with Crippen molar-refractivity contribution in [1.82, 2.24) is 0 Å². The van der Waals surface area contributed by atoms with E-state index in [0.717, 1.165) is 38.5 Å². The predicted molar refractivity (Wildman–Crippen MR) is 134 cm³/mol. The molecule has 0 aromatic heterocycles. The van der Waals surface area contributed by atoms with Crippen LogP contribution in [0.3, 0.4) is 0 Å². The SMILES string of the molecule is C[C@@H]1C[C@H]([C@@H](O)C(C)(C)O)O[C@H]2[C@H]1[C@@]1(C)CC[C@@]34CC35CC[C@H](O)C(C)(C)[C@@H]5CC[C@H]4[C@]1(C)[C@H]2O. The standard InChI is InChI=1S/C30H50O5/c1-16-14-17(23(32)26(4,5)34)35-22-21(16)27(6)12-13-30-15-29(30)11-10-20(31)25(2,3)18(29)8-9-19(30)28(27,7)24(22)33/h16-24,31-34H,8-15H2,1-7H3/t16-,17-,18+,19+,20+,21+,22+,23-,24+,27-,28-,29?,30+/m1/s1. The lowest BCUT2D eigenvalue weighted by molar-refractivity contribution is -0.202. The number of hydrogen-bond donors (Lipinski definition) is 4. The molecule has 0 radical (unpaired) electrons. The Morgan fingerprint density at radius 2 is 1.54 bits per heavy atom. The summed E-state index contributed by atoms with van der Waals surface area (Å²) in [7, 11) is 0. The maximum absolute atomic E-state index is 12.2. The molecule has 1 aliphatic heterocycles. The molecule has 4 N–H and O–H groups in total. The maximum atomic E-state index is 12.2. The smallest absolute Gasteiger partial charge is 0.108 e. The Morgan fingerprint density at radius 3 is 2.20 bits per heavy atom. The van der Waals surface area contributed by atoms with E-state index < -0.39 is 23.9 Å². The van der Waals surface area contributed by atoms with Gasteiger partial charge in [-0.15, -0.1) is 0 Å². The van der Waals surface area contributed by atoms with Gasteiger partial charge in [-0.1, -0.05) is 34.6 Å². The van der Waals surface area contributed by atoms with Crippen LogP contribution in [0, 0.1) is 50.7 Å². The van der Waals surface area contributed by atoms with Crippen LogP contribution in [-0.2, 0) is 4.74 Å². The van der Waals surface area contributed by atoms with Crippen LogP contribution >= 0.6 is 0 Å². The van der Waals surface area contributed by atoms with E-state index >= 15 is 0 Å². The fourth-order valence-corrected chi connectivity index (χ4v) is 12.0. The van der Waals surface area contributed by atoms with Gasteiger partial charge in [0.1, 0.15) is 6.10 Å². The van der Waals surface area contributed by atoms with Crippen LogP contribution in [0.2, 0.25) is 0 Å². The van der Waals surface area contributed by atoms with E-state index in [0.29, 0.717) is 28.6 Å². The highest BCUT2D eigenvalue weighted by Crippen LogP contribution is 2.89. The van der Waals surface area contributed by atoms with Crippen LogP contribution in [0.1, 0.15) is 99.8 Å². The van der Waals surface area contributed by atoms with Gasteiger partial charge in [0.05, 0.1) is 30.0 Å². The molecule has 6 aliphatic rings. The van der Waals surface area contributed by atoms with Crippen molar-refractivity contribution in [2.24, 2.45) is 50.7 Å². The molecule has 5 aliphatic carbocycles. The van der Waals surface area contributed by atoms with E-state index in [1.807, 2.05) is 0 Å². The Bertz CT molecular complexity index is 896. The number of ether oxygens (including phenoxy) is 1. The lowest BCUT2D eigenvalue weighted by Crippen LogP contribution is -2.59. The molecule has 1 heterocycles. The normalized spacial score (nSPS) is 59.4. The third kappa shape index (κ3) is 2.73. The van der Waals surface area contributed by atoms with Crippen molar-refractivity contribution in [1.29, 1.82) is 0 Å². The summed E-state index contributed by atoms with van der Waals surface area (Å²) in [6.45, 7) is 15.0. The van der Waals surface area contributed by atoms with E-state index in [1.165, 1.54) is 12.8 Å². The topological polar surface area (TPSA) is 90.2 Å². The fraction of sp³-hybridized carbons (Fsp3) is 1.00. The molecule has 1 unspecified atom stereocenters. The molecule has 35 heavy (non-hydrogen) atoms. The van der Waals surface area contributed by atoms with Gasteiger partial charge < -0.3 is 25.2 Å². The van der Waals surface area contributed by atoms with Crippen molar-refractivity contribution in [3.63, 3.8) is 0 Å². The Hall–Kier alpha value is -0.200. The first-order valence-electron chi connectivity index (χ1n) is 14.5. The molecule has 2 spiro atoms. The molecule has 0 aromatic rings. The van der Waals surface area contributed by atoms with E-state index in [-0.39, 0.29) is 34.4 Å². The van der Waals surface area contributed by atoms with Gasteiger partial charge in [0.25, 0.3) is 0 Å². The first-order chi connectivity index (χ1) is 16.1. The molecular formula is C30H50O5. The Balaban J connectivity index is 1.36. The monoisotopic (exact) mass is 490 g/mol. The molecule has 5 heteroatoms. The summed E-state index contributed by atoms with van der Waals surface area (Å²) >= 11 is 0. The molecule has 0 aromatic carbocycles. The predicted octanol–water partition coefficient (Wildman–Crippen LogP) is 4.29. The lowest BCUT2D eigenvalue weighted by Gasteiger charge is -2.63. The molecule has 5 nitrogen and oxygen atoms in total. The Morgan fingerprint density at radius 1 is 0.914 bits per heavy atom. The third-order valence-corrected chi connectivity index (χ3v) is 13.9. The summed E-state index contributed by atoms with van der Waals surface area (Å²) in [5.74, 6) is 1.64. The van der Waals surface area contributed by atoms with Gasteiger partial charge >= 0.3 is 0 Å². The third-order valence-electron chi connectivity index (χ3n) is 13.9. The fourth-order valence-electron chi connectivity index (χ4n) is 12.0. The minimum absolute atomic E-state index is 0.00259. The summed E-state index contributed by atoms with van der Waals surface area (Å²) in [6, 6.07) is 0. The van der Waals surface area contributed by atoms with Gasteiger partial charge in [0, 0.05) is 5.41 Å². The quantitative estimate of drug-likeness (QED) is 0.464. The van der Waals surface area contributed by atoms with Crippen LogP contribution in [-0.4, -0.2) is 56.5 Å². The maximum Gasteiger partial charge on any atom is 0.108 e. The highest BCUT2D eigenvalue weighted by Gasteiger charge is 2.84. The van der Waals surface area contributed by atoms with E-state index in [9.17, 15) is 20.4 Å². The average molecular weight is 491 g/mol. The molecule has 0 amide bonds. The molecule has 5 saturated carbocycles. The van der Waals surface area contributed by atoms with Crippen LogP contribution < -0.4 is 0 Å². The number of aliphatic hydroxyl groups is 4. The zero-order chi connectivity index (χ0) is 25.6. The summed E-state index contributed by atoms with van der Waals surface area (Å²) < 4.78 is 6.59. The van der Waals surface area contributed by atoms with Crippen LogP contribution in [0.25, 0.3) is 0 Å². The highest BCUT2D eigenvalue weighted by molar-refractivity contribution is 5.32. The minimum Gasteiger partial charge on any atom is -0.393 e. The molecule has 1 saturated heterocycles. The molecular weight excluding hydrogens is 440 g/mol. The summed E-state index contributed by atoms with van der Waals surface area (Å²) in [6.07, 6.45) is 6.23. The van der Waals surface area contributed by atoms with Crippen molar-refractivity contribution in [2.75, 3.05) is 0 Å². The van der Waals surface area contributed by atoms with E-state index in [2.05, 4.69) is 34.6 Å². The van der Waals surface area contributed by atoms with Gasteiger partial charge in [-0.3, -0.25) is 0 Å². The average Bonchev–Trinajstić information content (AvgIpc) is 3.40. The van der Waals surface area contributed by atoms with Crippen molar-refractivity contribution in [3.05, 3.63) is 0 Å². The van der Waals surface area contributed by atoms with Crippen molar-refractivity contribution >= 4 is 0 Å². The summed E-state index contributed by atoms with van der Waals surface area (Å²) in [5.41, 5.74) is -0.860. The molecule has 13 atom stereocenters. The van der Waals surface area contributed by atoms with E-state index in [1.54, 1.807) is 13.8 Å². The largest absolute Gasteiger partial charge is 0.393 e. The second-order valence-corrected chi connectivity index (χ2v) is 15.7. The van der Waals surface area contributed by atoms with Gasteiger partial charge in [-0.25, -0.2) is 0 Å². The number of aliphatic hydroxyl groups excluding tert-OH is 3. The van der Waals surface area contributed by atoms with E-state index in [4.69, 9.17) is 4.74 Å². The summed E-state index contributed by atoms with van der Waals surface area (Å²) in [4.78, 5) is 0. The van der Waals surface area contributed by atoms with Crippen LogP contribution in [0.5, 0.6) is 0 Å². The molecule has 200 valence electrons. The number of rotatable bonds is 2. The van der Waals surface area contributed by atoms with Crippen LogP contribution in [0.15, 0.2) is 0 Å². The van der Waals surface area contributed by atoms with Crippen LogP contribution in [0.4, 0.5) is 0 Å².